The van der Waals surface area contributed by atoms with Crippen molar-refractivity contribution < 1.29 is 9.26 Å². The molecule has 2 N–H and O–H groups in total. The second-order valence-electron chi connectivity index (χ2n) is 4.33. The Balaban J connectivity index is 2.03. The minimum atomic E-state index is 0.188. The fraction of sp³-hybridized carbons (Fsp3) is 0.500. The van der Waals surface area contributed by atoms with Crippen molar-refractivity contribution in [3.63, 3.8) is 0 Å². The molecule has 1 atom stereocenters. The minimum Gasteiger partial charge on any atom is -0.481 e. The van der Waals surface area contributed by atoms with Crippen LogP contribution in [0.25, 0.3) is 11.5 Å². The first-order valence-corrected chi connectivity index (χ1v) is 6.13. The van der Waals surface area contributed by atoms with Crippen LogP contribution < -0.4 is 10.5 Å². The van der Waals surface area contributed by atoms with Crippen LogP contribution in [0.4, 0.5) is 0 Å². The molecule has 0 saturated heterocycles. The van der Waals surface area contributed by atoms with E-state index in [1.807, 2.05) is 6.92 Å². The Morgan fingerprint density at radius 3 is 3.00 bits per heavy atom. The van der Waals surface area contributed by atoms with Gasteiger partial charge in [-0.3, -0.25) is 0 Å². The van der Waals surface area contributed by atoms with Gasteiger partial charge in [0.2, 0.25) is 17.6 Å². The van der Waals surface area contributed by atoms with E-state index in [1.165, 1.54) is 6.33 Å². The van der Waals surface area contributed by atoms with Crippen molar-refractivity contribution in [3.8, 4) is 17.4 Å². The molecule has 102 valence electrons. The standard InChI is InChI=1S/C12H17N5O2/c1-8(13)4-3-5-10-16-12(17-19-10)9-6-11(18-2)15-7-14-9/h6-8H,3-5,13H2,1-2H3. The summed E-state index contributed by atoms with van der Waals surface area (Å²) in [4.78, 5) is 12.3. The predicted octanol–water partition coefficient (Wildman–Crippen LogP) is 1.21. The molecular weight excluding hydrogens is 246 g/mol. The number of hydrogen-bond donors (Lipinski definition) is 1. The third kappa shape index (κ3) is 3.72. The first-order valence-electron chi connectivity index (χ1n) is 6.13. The normalized spacial score (nSPS) is 12.4. The molecule has 19 heavy (non-hydrogen) atoms. The average molecular weight is 263 g/mol. The van der Waals surface area contributed by atoms with Crippen LogP contribution in [0, 0.1) is 0 Å². The molecule has 7 nitrogen and oxygen atoms in total. The largest absolute Gasteiger partial charge is 0.481 e. The first kappa shape index (κ1) is 13.4. The summed E-state index contributed by atoms with van der Waals surface area (Å²) in [6, 6.07) is 1.85. The van der Waals surface area contributed by atoms with Gasteiger partial charge in [0.15, 0.2) is 0 Å². The highest BCUT2D eigenvalue weighted by Crippen LogP contribution is 2.17. The Morgan fingerprint density at radius 2 is 2.26 bits per heavy atom. The number of hydrogen-bond acceptors (Lipinski definition) is 7. The highest BCUT2D eigenvalue weighted by molar-refractivity contribution is 5.49. The van der Waals surface area contributed by atoms with E-state index in [9.17, 15) is 0 Å². The van der Waals surface area contributed by atoms with Crippen LogP contribution in [0.2, 0.25) is 0 Å². The third-order valence-electron chi connectivity index (χ3n) is 2.60. The van der Waals surface area contributed by atoms with Gasteiger partial charge in [-0.05, 0) is 19.8 Å². The van der Waals surface area contributed by atoms with Crippen molar-refractivity contribution in [2.45, 2.75) is 32.2 Å². The topological polar surface area (TPSA) is 100.0 Å². The van der Waals surface area contributed by atoms with Crippen molar-refractivity contribution in [2.24, 2.45) is 5.73 Å². The summed E-state index contributed by atoms with van der Waals surface area (Å²) in [5.41, 5.74) is 6.27. The van der Waals surface area contributed by atoms with Crippen LogP contribution in [-0.2, 0) is 6.42 Å². The molecule has 1 unspecified atom stereocenters. The van der Waals surface area contributed by atoms with E-state index in [4.69, 9.17) is 15.0 Å². The highest BCUT2D eigenvalue weighted by Gasteiger charge is 2.11. The number of methoxy groups -OCH3 is 1. The van der Waals surface area contributed by atoms with E-state index in [0.29, 0.717) is 23.3 Å². The Labute approximate surface area is 111 Å². The van der Waals surface area contributed by atoms with Crippen molar-refractivity contribution >= 4 is 0 Å². The van der Waals surface area contributed by atoms with E-state index in [0.717, 1.165) is 19.3 Å². The number of aromatic nitrogens is 4. The van der Waals surface area contributed by atoms with Crippen molar-refractivity contribution in [1.29, 1.82) is 0 Å². The summed E-state index contributed by atoms with van der Waals surface area (Å²) in [7, 11) is 1.54. The van der Waals surface area contributed by atoms with E-state index < -0.39 is 0 Å². The van der Waals surface area contributed by atoms with Gasteiger partial charge >= 0.3 is 0 Å². The molecule has 0 saturated carbocycles. The summed E-state index contributed by atoms with van der Waals surface area (Å²) >= 11 is 0. The molecule has 7 heteroatoms. The second-order valence-corrected chi connectivity index (χ2v) is 4.33. The molecule has 0 aliphatic heterocycles. The minimum absolute atomic E-state index is 0.188. The molecule has 0 fully saturated rings. The second kappa shape index (κ2) is 6.24. The quantitative estimate of drug-likeness (QED) is 0.835. The molecule has 2 heterocycles. The maximum Gasteiger partial charge on any atom is 0.227 e. The molecule has 2 rings (SSSR count). The highest BCUT2D eigenvalue weighted by atomic mass is 16.5. The van der Waals surface area contributed by atoms with Crippen molar-refractivity contribution in [3.05, 3.63) is 18.3 Å². The third-order valence-corrected chi connectivity index (χ3v) is 2.60. The molecule has 0 aliphatic rings. The van der Waals surface area contributed by atoms with Crippen molar-refractivity contribution in [1.82, 2.24) is 20.1 Å². The van der Waals surface area contributed by atoms with Gasteiger partial charge in [0, 0.05) is 18.5 Å². The maximum absolute atomic E-state index is 5.69. The zero-order valence-corrected chi connectivity index (χ0v) is 11.0. The lowest BCUT2D eigenvalue weighted by Crippen LogP contribution is -2.14. The SMILES string of the molecule is COc1cc(-c2noc(CCCC(C)N)n2)ncn1. The fourth-order valence-corrected chi connectivity index (χ4v) is 1.61. The molecule has 0 radical (unpaired) electrons. The van der Waals surface area contributed by atoms with Crippen LogP contribution >= 0.6 is 0 Å². The summed E-state index contributed by atoms with van der Waals surface area (Å²) in [5, 5.41) is 3.90. The van der Waals surface area contributed by atoms with Crippen LogP contribution in [0.15, 0.2) is 16.9 Å². The Hall–Kier alpha value is -2.02. The lowest BCUT2D eigenvalue weighted by atomic mass is 10.1. The Kier molecular flexibility index (Phi) is 4.40. The smallest absolute Gasteiger partial charge is 0.227 e. The zero-order valence-electron chi connectivity index (χ0n) is 11.0. The number of aryl methyl sites for hydroxylation is 1. The lowest BCUT2D eigenvalue weighted by Gasteiger charge is -2.00. The van der Waals surface area contributed by atoms with Gasteiger partial charge in [-0.1, -0.05) is 5.16 Å². The predicted molar refractivity (Wildman–Crippen MR) is 68.5 cm³/mol. The van der Waals surface area contributed by atoms with Gasteiger partial charge in [0.05, 0.1) is 7.11 Å². The van der Waals surface area contributed by atoms with E-state index in [2.05, 4.69) is 20.1 Å². The van der Waals surface area contributed by atoms with Crippen LogP contribution in [0.1, 0.15) is 25.7 Å². The monoisotopic (exact) mass is 263 g/mol. The van der Waals surface area contributed by atoms with Gasteiger partial charge in [0.1, 0.15) is 12.0 Å². The summed E-state index contributed by atoms with van der Waals surface area (Å²) < 4.78 is 10.2. The van der Waals surface area contributed by atoms with Gasteiger partial charge in [-0.2, -0.15) is 4.98 Å². The summed E-state index contributed by atoms with van der Waals surface area (Å²) in [5.74, 6) is 1.50. The molecule has 0 amide bonds. The average Bonchev–Trinajstić information content (AvgIpc) is 2.87. The number of nitrogens with zero attached hydrogens (tertiary/aromatic N) is 4. The number of nitrogens with two attached hydrogens (primary N) is 1. The number of ether oxygens (including phenoxy) is 1. The molecule has 0 aliphatic carbocycles. The van der Waals surface area contributed by atoms with Gasteiger partial charge < -0.3 is 15.0 Å². The maximum atomic E-state index is 5.69. The van der Waals surface area contributed by atoms with Crippen LogP contribution in [-0.4, -0.2) is 33.3 Å². The molecule has 2 aromatic rings. The molecular formula is C12H17N5O2. The lowest BCUT2D eigenvalue weighted by molar-refractivity contribution is 0.373. The fourth-order valence-electron chi connectivity index (χ4n) is 1.61. The van der Waals surface area contributed by atoms with E-state index in [-0.39, 0.29) is 6.04 Å². The Bertz CT molecular complexity index is 526. The summed E-state index contributed by atoms with van der Waals surface area (Å²) in [6.07, 6.45) is 3.97. The zero-order chi connectivity index (χ0) is 13.7. The summed E-state index contributed by atoms with van der Waals surface area (Å²) in [6.45, 7) is 1.98. The van der Waals surface area contributed by atoms with Gasteiger partial charge in [-0.25, -0.2) is 9.97 Å². The van der Waals surface area contributed by atoms with E-state index >= 15 is 0 Å². The van der Waals surface area contributed by atoms with E-state index in [1.54, 1.807) is 13.2 Å². The van der Waals surface area contributed by atoms with Crippen LogP contribution in [0.3, 0.4) is 0 Å². The molecule has 0 spiro atoms. The van der Waals surface area contributed by atoms with Gasteiger partial charge in [0.25, 0.3) is 0 Å². The van der Waals surface area contributed by atoms with Gasteiger partial charge in [-0.15, -0.1) is 0 Å². The van der Waals surface area contributed by atoms with Crippen molar-refractivity contribution in [2.75, 3.05) is 7.11 Å². The molecule has 0 aromatic carbocycles. The van der Waals surface area contributed by atoms with Crippen LogP contribution in [0.5, 0.6) is 5.88 Å². The number of rotatable bonds is 6. The molecule has 2 aromatic heterocycles. The first-order chi connectivity index (χ1) is 9.19. The molecule has 0 bridgehead atoms. The Morgan fingerprint density at radius 1 is 1.42 bits per heavy atom.